The van der Waals surface area contributed by atoms with Gasteiger partial charge in [0.05, 0.1) is 6.73 Å². The molecule has 0 aliphatic carbocycles. The smallest absolute Gasteiger partial charge is 0.0986 e. The number of benzene rings is 1. The highest BCUT2D eigenvalue weighted by Gasteiger charge is 2.22. The summed E-state index contributed by atoms with van der Waals surface area (Å²) in [6, 6.07) is 10.8. The van der Waals surface area contributed by atoms with Gasteiger partial charge in [0.25, 0.3) is 0 Å². The third-order valence-corrected chi connectivity index (χ3v) is 2.86. The van der Waals surface area contributed by atoms with Crippen LogP contribution in [0.5, 0.6) is 0 Å². The summed E-state index contributed by atoms with van der Waals surface area (Å²) in [4.78, 5) is 2.36. The largest absolute Gasteiger partial charge is 0.369 e. The Morgan fingerprint density at radius 1 is 1.36 bits per heavy atom. The van der Waals surface area contributed by atoms with E-state index >= 15 is 0 Å². The van der Waals surface area contributed by atoms with E-state index in [0.717, 1.165) is 19.8 Å². The lowest BCUT2D eigenvalue weighted by Gasteiger charge is -2.14. The molecule has 0 aromatic heterocycles. The first-order valence-corrected chi connectivity index (χ1v) is 5.16. The minimum absolute atomic E-state index is 0.700. The highest BCUT2D eigenvalue weighted by Crippen LogP contribution is 2.26. The molecule has 1 fully saturated rings. The quantitative estimate of drug-likeness (QED) is 0.725. The maximum atomic E-state index is 5.14. The van der Waals surface area contributed by atoms with Crippen LogP contribution >= 0.6 is 0 Å². The fourth-order valence-electron chi connectivity index (χ4n) is 2.13. The summed E-state index contributed by atoms with van der Waals surface area (Å²) in [5.41, 5.74) is 1.46. The molecule has 1 saturated heterocycles. The van der Waals surface area contributed by atoms with Crippen molar-refractivity contribution >= 4 is 0 Å². The van der Waals surface area contributed by atoms with E-state index in [2.05, 4.69) is 35.2 Å². The van der Waals surface area contributed by atoms with Gasteiger partial charge in [-0.1, -0.05) is 30.3 Å². The van der Waals surface area contributed by atoms with Crippen LogP contribution in [0.1, 0.15) is 17.9 Å². The number of nitrogens with zero attached hydrogens (tertiary/aromatic N) is 1. The van der Waals surface area contributed by atoms with Gasteiger partial charge in [0.2, 0.25) is 0 Å². The maximum absolute atomic E-state index is 5.14. The lowest BCUT2D eigenvalue weighted by atomic mass is 9.99. The molecule has 1 aromatic rings. The number of methoxy groups -OCH3 is 1. The maximum Gasteiger partial charge on any atom is 0.0986 e. The van der Waals surface area contributed by atoms with Crippen LogP contribution in [0.4, 0.5) is 0 Å². The first-order valence-electron chi connectivity index (χ1n) is 5.16. The number of likely N-dealkylation sites (tertiary alicyclic amines) is 1. The second-order valence-corrected chi connectivity index (χ2v) is 3.89. The molecule has 0 saturated carbocycles. The first-order chi connectivity index (χ1) is 6.90. The Kier molecular flexibility index (Phi) is 3.17. The summed E-state index contributed by atoms with van der Waals surface area (Å²) in [5, 5.41) is 0. The van der Waals surface area contributed by atoms with Crippen molar-refractivity contribution in [2.24, 2.45) is 0 Å². The molecule has 0 radical (unpaired) electrons. The van der Waals surface area contributed by atoms with Crippen molar-refractivity contribution in [3.8, 4) is 0 Å². The molecular weight excluding hydrogens is 174 g/mol. The Morgan fingerprint density at radius 3 is 2.86 bits per heavy atom. The van der Waals surface area contributed by atoms with Crippen molar-refractivity contribution < 1.29 is 4.74 Å². The van der Waals surface area contributed by atoms with E-state index in [-0.39, 0.29) is 0 Å². The molecule has 76 valence electrons. The van der Waals surface area contributed by atoms with E-state index < -0.39 is 0 Å². The van der Waals surface area contributed by atoms with Crippen LogP contribution in [0.15, 0.2) is 30.3 Å². The van der Waals surface area contributed by atoms with Crippen LogP contribution in [-0.2, 0) is 4.74 Å². The standard InChI is InChI=1S/C12H17NO/c1-14-10-13-8-7-12(9-13)11-5-3-2-4-6-11/h2-6,12H,7-10H2,1H3. The summed E-state index contributed by atoms with van der Waals surface area (Å²) < 4.78 is 5.14. The third-order valence-electron chi connectivity index (χ3n) is 2.86. The van der Waals surface area contributed by atoms with Crippen LogP contribution in [-0.4, -0.2) is 31.8 Å². The van der Waals surface area contributed by atoms with Crippen molar-refractivity contribution in [2.45, 2.75) is 12.3 Å². The Balaban J connectivity index is 1.96. The summed E-state index contributed by atoms with van der Waals surface area (Å²) in [6.45, 7) is 3.06. The molecule has 1 heterocycles. The van der Waals surface area contributed by atoms with Crippen LogP contribution in [0.25, 0.3) is 0 Å². The van der Waals surface area contributed by atoms with Crippen LogP contribution in [0, 0.1) is 0 Å². The Labute approximate surface area is 85.5 Å². The fourth-order valence-corrected chi connectivity index (χ4v) is 2.13. The molecule has 1 aliphatic rings. The van der Waals surface area contributed by atoms with Crippen molar-refractivity contribution in [3.63, 3.8) is 0 Å². The fraction of sp³-hybridized carbons (Fsp3) is 0.500. The molecule has 0 N–H and O–H groups in total. The molecule has 0 amide bonds. The van der Waals surface area contributed by atoms with Crippen LogP contribution in [0.2, 0.25) is 0 Å². The Morgan fingerprint density at radius 2 is 2.14 bits per heavy atom. The lowest BCUT2D eigenvalue weighted by molar-refractivity contribution is 0.0797. The molecule has 1 unspecified atom stereocenters. The van der Waals surface area contributed by atoms with Gasteiger partial charge < -0.3 is 4.74 Å². The second kappa shape index (κ2) is 4.58. The minimum Gasteiger partial charge on any atom is -0.369 e. The van der Waals surface area contributed by atoms with Gasteiger partial charge >= 0.3 is 0 Å². The van der Waals surface area contributed by atoms with Gasteiger partial charge in [-0.3, -0.25) is 4.90 Å². The molecular formula is C12H17NO. The van der Waals surface area contributed by atoms with E-state index in [4.69, 9.17) is 4.74 Å². The summed E-state index contributed by atoms with van der Waals surface area (Å²) in [6.07, 6.45) is 1.26. The van der Waals surface area contributed by atoms with Crippen LogP contribution < -0.4 is 0 Å². The highest BCUT2D eigenvalue weighted by molar-refractivity contribution is 5.20. The van der Waals surface area contributed by atoms with Crippen molar-refractivity contribution in [2.75, 3.05) is 26.9 Å². The first kappa shape index (κ1) is 9.69. The van der Waals surface area contributed by atoms with Gasteiger partial charge in [0.1, 0.15) is 0 Å². The third kappa shape index (κ3) is 2.14. The zero-order chi connectivity index (χ0) is 9.80. The van der Waals surface area contributed by atoms with Crippen LogP contribution in [0.3, 0.4) is 0 Å². The molecule has 14 heavy (non-hydrogen) atoms. The summed E-state index contributed by atoms with van der Waals surface area (Å²) >= 11 is 0. The SMILES string of the molecule is COCN1CCC(c2ccccc2)C1. The van der Waals surface area contributed by atoms with E-state index in [9.17, 15) is 0 Å². The predicted octanol–water partition coefficient (Wildman–Crippen LogP) is 2.08. The normalized spacial score (nSPS) is 22.8. The predicted molar refractivity (Wildman–Crippen MR) is 57.2 cm³/mol. The topological polar surface area (TPSA) is 12.5 Å². The number of rotatable bonds is 3. The van der Waals surface area contributed by atoms with Gasteiger partial charge in [0.15, 0.2) is 0 Å². The Hall–Kier alpha value is -0.860. The molecule has 1 aliphatic heterocycles. The van der Waals surface area contributed by atoms with E-state index in [1.807, 2.05) is 0 Å². The molecule has 0 bridgehead atoms. The number of ether oxygens (including phenoxy) is 1. The molecule has 1 aromatic carbocycles. The van der Waals surface area contributed by atoms with Gasteiger partial charge in [0, 0.05) is 20.2 Å². The minimum atomic E-state index is 0.700. The number of hydrogen-bond donors (Lipinski definition) is 0. The molecule has 2 heteroatoms. The van der Waals surface area contributed by atoms with E-state index in [1.165, 1.54) is 12.0 Å². The van der Waals surface area contributed by atoms with Crippen molar-refractivity contribution in [1.29, 1.82) is 0 Å². The number of hydrogen-bond acceptors (Lipinski definition) is 2. The molecule has 0 spiro atoms. The van der Waals surface area contributed by atoms with Crippen molar-refractivity contribution in [1.82, 2.24) is 4.90 Å². The average Bonchev–Trinajstić information content (AvgIpc) is 2.68. The van der Waals surface area contributed by atoms with Gasteiger partial charge in [-0.25, -0.2) is 0 Å². The lowest BCUT2D eigenvalue weighted by Crippen LogP contribution is -2.22. The second-order valence-electron chi connectivity index (χ2n) is 3.89. The van der Waals surface area contributed by atoms with Gasteiger partial charge in [-0.15, -0.1) is 0 Å². The average molecular weight is 191 g/mol. The van der Waals surface area contributed by atoms with Gasteiger partial charge in [-0.05, 0) is 17.9 Å². The molecule has 2 rings (SSSR count). The van der Waals surface area contributed by atoms with Crippen molar-refractivity contribution in [3.05, 3.63) is 35.9 Å². The molecule has 1 atom stereocenters. The van der Waals surface area contributed by atoms with Gasteiger partial charge in [-0.2, -0.15) is 0 Å². The zero-order valence-corrected chi connectivity index (χ0v) is 8.65. The monoisotopic (exact) mass is 191 g/mol. The zero-order valence-electron chi connectivity index (χ0n) is 8.65. The highest BCUT2D eigenvalue weighted by atomic mass is 16.5. The van der Waals surface area contributed by atoms with E-state index in [0.29, 0.717) is 5.92 Å². The summed E-state index contributed by atoms with van der Waals surface area (Å²) in [5.74, 6) is 0.700. The summed E-state index contributed by atoms with van der Waals surface area (Å²) in [7, 11) is 1.76. The Bertz CT molecular complexity index is 273. The van der Waals surface area contributed by atoms with E-state index in [1.54, 1.807) is 7.11 Å². The molecule has 2 nitrogen and oxygen atoms in total.